The van der Waals surface area contributed by atoms with Gasteiger partial charge in [0.1, 0.15) is 17.3 Å². The molecule has 4 heteroatoms. The number of carbonyl (C=O) groups is 1. The van der Waals surface area contributed by atoms with E-state index in [1.807, 2.05) is 54.6 Å². The van der Waals surface area contributed by atoms with Gasteiger partial charge in [-0.3, -0.25) is 0 Å². The molecular weight excluding hydrogens is 292 g/mol. The van der Waals surface area contributed by atoms with Crippen molar-refractivity contribution in [2.24, 2.45) is 0 Å². The molecule has 0 bridgehead atoms. The molecule has 0 radical (unpaired) electrons. The van der Waals surface area contributed by atoms with Crippen LogP contribution in [0, 0.1) is 0 Å². The van der Waals surface area contributed by atoms with Crippen molar-refractivity contribution in [3.05, 3.63) is 71.5 Å². The summed E-state index contributed by atoms with van der Waals surface area (Å²) in [6.07, 6.45) is 3.56. The fraction of sp³-hybridized carbons (Fsp3) is 0.105. The molecule has 116 valence electrons. The lowest BCUT2D eigenvalue weighted by molar-refractivity contribution is -0.131. The number of rotatable bonds is 4. The van der Waals surface area contributed by atoms with E-state index in [1.165, 1.54) is 0 Å². The van der Waals surface area contributed by atoms with Crippen molar-refractivity contribution in [1.29, 1.82) is 0 Å². The molecule has 0 aromatic heterocycles. The molecule has 23 heavy (non-hydrogen) atoms. The van der Waals surface area contributed by atoms with Crippen LogP contribution in [0.2, 0.25) is 0 Å². The summed E-state index contributed by atoms with van der Waals surface area (Å²) in [5.41, 5.74) is 2.27. The van der Waals surface area contributed by atoms with E-state index in [-0.39, 0.29) is 5.97 Å². The third kappa shape index (κ3) is 3.26. The Morgan fingerprint density at radius 3 is 2.00 bits per heavy atom. The van der Waals surface area contributed by atoms with Crippen molar-refractivity contribution >= 4 is 17.6 Å². The predicted molar refractivity (Wildman–Crippen MR) is 88.0 cm³/mol. The average molecular weight is 308 g/mol. The molecule has 3 rings (SSSR count). The zero-order valence-corrected chi connectivity index (χ0v) is 12.9. The van der Waals surface area contributed by atoms with Crippen LogP contribution in [-0.4, -0.2) is 20.2 Å². The van der Waals surface area contributed by atoms with E-state index < -0.39 is 0 Å². The Balaban J connectivity index is 1.85. The molecule has 4 nitrogen and oxygen atoms in total. The molecule has 0 aliphatic carbocycles. The number of allylic oxidation sites excluding steroid dienone is 1. The second kappa shape index (κ2) is 6.40. The molecule has 2 aromatic carbocycles. The van der Waals surface area contributed by atoms with E-state index in [9.17, 15) is 4.79 Å². The van der Waals surface area contributed by atoms with Gasteiger partial charge in [-0.05, 0) is 47.5 Å². The topological polar surface area (TPSA) is 44.8 Å². The smallest absolute Gasteiger partial charge is 0.344 e. The van der Waals surface area contributed by atoms with E-state index in [1.54, 1.807) is 20.3 Å². The number of benzene rings is 2. The molecule has 0 unspecified atom stereocenters. The normalized spacial score (nSPS) is 15.3. The molecular formula is C19H16O4. The first kappa shape index (κ1) is 14.9. The summed E-state index contributed by atoms with van der Waals surface area (Å²) in [4.78, 5) is 12.0. The minimum atomic E-state index is -0.352. The molecule has 0 saturated heterocycles. The fourth-order valence-corrected chi connectivity index (χ4v) is 2.30. The van der Waals surface area contributed by atoms with Gasteiger partial charge < -0.3 is 14.2 Å². The van der Waals surface area contributed by atoms with Gasteiger partial charge in [-0.2, -0.15) is 0 Å². The molecule has 1 heterocycles. The maximum Gasteiger partial charge on any atom is 0.344 e. The second-order valence-electron chi connectivity index (χ2n) is 5.00. The Morgan fingerprint density at radius 2 is 1.43 bits per heavy atom. The van der Waals surface area contributed by atoms with E-state index >= 15 is 0 Å². The Bertz CT molecular complexity index is 768. The molecule has 2 aromatic rings. The van der Waals surface area contributed by atoms with Gasteiger partial charge in [0.15, 0.2) is 0 Å². The van der Waals surface area contributed by atoms with Crippen molar-refractivity contribution in [2.75, 3.05) is 14.2 Å². The van der Waals surface area contributed by atoms with Gasteiger partial charge in [0.2, 0.25) is 0 Å². The van der Waals surface area contributed by atoms with Crippen LogP contribution < -0.4 is 9.47 Å². The van der Waals surface area contributed by atoms with Crippen LogP contribution in [0.4, 0.5) is 0 Å². The fourth-order valence-electron chi connectivity index (χ4n) is 2.30. The first-order chi connectivity index (χ1) is 11.2. The second-order valence-corrected chi connectivity index (χ2v) is 5.00. The molecule has 1 aliphatic rings. The number of carbonyl (C=O) groups excluding carboxylic acids is 1. The van der Waals surface area contributed by atoms with Crippen molar-refractivity contribution < 1.29 is 19.0 Å². The third-order valence-electron chi connectivity index (χ3n) is 3.54. The number of cyclic esters (lactones) is 1. The van der Waals surface area contributed by atoms with Crippen LogP contribution in [0.5, 0.6) is 11.5 Å². The molecule has 0 N–H and O–H groups in total. The van der Waals surface area contributed by atoms with Gasteiger partial charge >= 0.3 is 5.97 Å². The zero-order valence-electron chi connectivity index (χ0n) is 12.9. The Labute approximate surface area is 134 Å². The molecule has 0 fully saturated rings. The van der Waals surface area contributed by atoms with Crippen molar-refractivity contribution in [3.8, 4) is 11.5 Å². The largest absolute Gasteiger partial charge is 0.497 e. The van der Waals surface area contributed by atoms with Gasteiger partial charge in [0.25, 0.3) is 0 Å². The van der Waals surface area contributed by atoms with E-state index in [0.717, 1.165) is 22.6 Å². The predicted octanol–water partition coefficient (Wildman–Crippen LogP) is 3.69. The third-order valence-corrected chi connectivity index (χ3v) is 3.54. The number of ether oxygens (including phenoxy) is 3. The highest BCUT2D eigenvalue weighted by Crippen LogP contribution is 2.28. The number of hydrogen-bond acceptors (Lipinski definition) is 4. The number of hydrogen-bond donors (Lipinski definition) is 0. The van der Waals surface area contributed by atoms with E-state index in [0.29, 0.717) is 11.3 Å². The Hall–Kier alpha value is -3.01. The standard InChI is InChI=1S/C19H16O4/c1-21-15-7-3-13(4-8-15)11-17-12-18(19(20)23-17)14-5-9-16(22-2)10-6-14/h3-12H,1-2H3. The van der Waals surface area contributed by atoms with Crippen LogP contribution in [0.25, 0.3) is 11.6 Å². The van der Waals surface area contributed by atoms with Crippen LogP contribution in [0.15, 0.2) is 60.4 Å². The van der Waals surface area contributed by atoms with E-state index in [2.05, 4.69) is 0 Å². The summed E-state index contributed by atoms with van der Waals surface area (Å²) in [6.45, 7) is 0. The Morgan fingerprint density at radius 1 is 0.870 bits per heavy atom. The lowest BCUT2D eigenvalue weighted by Crippen LogP contribution is -1.98. The summed E-state index contributed by atoms with van der Waals surface area (Å²) < 4.78 is 15.6. The average Bonchev–Trinajstić information content (AvgIpc) is 2.96. The minimum absolute atomic E-state index is 0.352. The van der Waals surface area contributed by atoms with E-state index in [4.69, 9.17) is 14.2 Å². The van der Waals surface area contributed by atoms with Gasteiger partial charge in [0, 0.05) is 0 Å². The Kier molecular flexibility index (Phi) is 4.15. The number of methoxy groups -OCH3 is 2. The quantitative estimate of drug-likeness (QED) is 0.808. The summed E-state index contributed by atoms with van der Waals surface area (Å²) >= 11 is 0. The lowest BCUT2D eigenvalue weighted by atomic mass is 10.1. The van der Waals surface area contributed by atoms with Gasteiger partial charge in [-0.15, -0.1) is 0 Å². The van der Waals surface area contributed by atoms with Crippen molar-refractivity contribution in [2.45, 2.75) is 0 Å². The summed E-state index contributed by atoms with van der Waals surface area (Å²) in [7, 11) is 3.23. The molecule has 0 saturated carbocycles. The highest BCUT2D eigenvalue weighted by atomic mass is 16.5. The lowest BCUT2D eigenvalue weighted by Gasteiger charge is -2.02. The van der Waals surface area contributed by atoms with Crippen LogP contribution in [0.3, 0.4) is 0 Å². The summed E-state index contributed by atoms with van der Waals surface area (Å²) in [5, 5.41) is 0. The van der Waals surface area contributed by atoms with Crippen LogP contribution >= 0.6 is 0 Å². The first-order valence-corrected chi connectivity index (χ1v) is 7.13. The first-order valence-electron chi connectivity index (χ1n) is 7.13. The molecule has 0 spiro atoms. The highest BCUT2D eigenvalue weighted by molar-refractivity contribution is 6.19. The molecule has 0 amide bonds. The molecule has 1 aliphatic heterocycles. The number of esters is 1. The summed E-state index contributed by atoms with van der Waals surface area (Å²) in [6, 6.07) is 14.8. The maximum atomic E-state index is 12.0. The van der Waals surface area contributed by atoms with Gasteiger partial charge in [-0.1, -0.05) is 24.3 Å². The van der Waals surface area contributed by atoms with Gasteiger partial charge in [0.05, 0.1) is 19.8 Å². The summed E-state index contributed by atoms with van der Waals surface area (Å²) in [5.74, 6) is 1.70. The van der Waals surface area contributed by atoms with Crippen molar-refractivity contribution in [3.63, 3.8) is 0 Å². The van der Waals surface area contributed by atoms with Crippen molar-refractivity contribution in [1.82, 2.24) is 0 Å². The molecule has 0 atom stereocenters. The van der Waals surface area contributed by atoms with Crippen LogP contribution in [-0.2, 0) is 9.53 Å². The van der Waals surface area contributed by atoms with Gasteiger partial charge in [-0.25, -0.2) is 4.79 Å². The minimum Gasteiger partial charge on any atom is -0.497 e. The SMILES string of the molecule is COc1ccc(C=C2C=C(c3ccc(OC)cc3)C(=O)O2)cc1. The maximum absolute atomic E-state index is 12.0. The van der Waals surface area contributed by atoms with Crippen LogP contribution in [0.1, 0.15) is 11.1 Å². The highest BCUT2D eigenvalue weighted by Gasteiger charge is 2.22. The zero-order chi connectivity index (χ0) is 16.2. The monoisotopic (exact) mass is 308 g/mol.